The number of amides is 1. The minimum absolute atomic E-state index is 0.0311. The average Bonchev–Trinajstić information content (AvgIpc) is 2.45. The van der Waals surface area contributed by atoms with Crippen molar-refractivity contribution in [2.24, 2.45) is 5.73 Å². The Kier molecular flexibility index (Phi) is 4.80. The van der Waals surface area contributed by atoms with E-state index in [0.717, 1.165) is 6.42 Å². The number of carboxylic acids is 1. The van der Waals surface area contributed by atoms with Crippen LogP contribution in [0.4, 0.5) is 5.69 Å². The first kappa shape index (κ1) is 15.3. The van der Waals surface area contributed by atoms with Gasteiger partial charge in [-0.1, -0.05) is 12.1 Å². The summed E-state index contributed by atoms with van der Waals surface area (Å²) in [5.74, 6) is -0.743. The summed E-state index contributed by atoms with van der Waals surface area (Å²) < 4.78 is 5.40. The molecule has 1 amide bonds. The quantitative estimate of drug-likeness (QED) is 0.855. The van der Waals surface area contributed by atoms with E-state index in [4.69, 9.17) is 15.6 Å². The Morgan fingerprint density at radius 3 is 2.86 bits per heavy atom. The molecular formula is C15H20N2O4. The number of rotatable bonds is 5. The minimum Gasteiger partial charge on any atom is -0.478 e. The maximum atomic E-state index is 12.3. The number of para-hydroxylation sites is 2. The topological polar surface area (TPSA) is 92.9 Å². The fourth-order valence-corrected chi connectivity index (χ4v) is 2.31. The molecule has 21 heavy (non-hydrogen) atoms. The van der Waals surface area contributed by atoms with Gasteiger partial charge in [0.15, 0.2) is 0 Å². The van der Waals surface area contributed by atoms with Crippen molar-refractivity contribution in [2.45, 2.75) is 38.3 Å². The highest BCUT2D eigenvalue weighted by Crippen LogP contribution is 2.33. The molecule has 0 saturated carbocycles. The van der Waals surface area contributed by atoms with Crippen LogP contribution in [0.25, 0.3) is 0 Å². The van der Waals surface area contributed by atoms with Gasteiger partial charge in [0.1, 0.15) is 5.75 Å². The van der Waals surface area contributed by atoms with E-state index in [0.29, 0.717) is 24.3 Å². The van der Waals surface area contributed by atoms with Crippen LogP contribution < -0.4 is 15.4 Å². The largest absolute Gasteiger partial charge is 0.478 e. The molecule has 3 N–H and O–H groups in total. The number of ether oxygens (including phenoxy) is 1. The Balaban J connectivity index is 2.13. The van der Waals surface area contributed by atoms with E-state index in [1.165, 1.54) is 4.90 Å². The summed E-state index contributed by atoms with van der Waals surface area (Å²) in [5.41, 5.74) is 6.30. The number of carboxylic acid groups (broad SMARTS) is 1. The maximum Gasteiger partial charge on any atom is 0.346 e. The Morgan fingerprint density at radius 1 is 1.48 bits per heavy atom. The van der Waals surface area contributed by atoms with Crippen molar-refractivity contribution in [3.8, 4) is 5.75 Å². The lowest BCUT2D eigenvalue weighted by Crippen LogP contribution is -2.47. The van der Waals surface area contributed by atoms with Gasteiger partial charge in [0.05, 0.1) is 12.2 Å². The Bertz CT molecular complexity index is 530. The van der Waals surface area contributed by atoms with E-state index in [1.807, 2.05) is 6.92 Å². The van der Waals surface area contributed by atoms with E-state index in [1.54, 1.807) is 24.3 Å². The van der Waals surface area contributed by atoms with Crippen LogP contribution in [-0.2, 0) is 9.59 Å². The smallest absolute Gasteiger partial charge is 0.346 e. The van der Waals surface area contributed by atoms with Crippen LogP contribution in [0.2, 0.25) is 0 Å². The van der Waals surface area contributed by atoms with Gasteiger partial charge in [-0.05, 0) is 31.9 Å². The summed E-state index contributed by atoms with van der Waals surface area (Å²) in [6.45, 7) is 1.93. The second-order valence-electron chi connectivity index (χ2n) is 5.29. The summed E-state index contributed by atoms with van der Waals surface area (Å²) in [6, 6.07) is 7.04. The third kappa shape index (κ3) is 3.72. The predicted octanol–water partition coefficient (Wildman–Crippen LogP) is 1.38. The molecule has 1 aliphatic rings. The van der Waals surface area contributed by atoms with E-state index >= 15 is 0 Å². The SMILES string of the molecule is CC(N)CCCC(=O)N1CC(C(=O)O)Oc2ccccc21. The molecule has 0 spiro atoms. The molecule has 0 fully saturated rings. The first-order valence-electron chi connectivity index (χ1n) is 7.03. The zero-order chi connectivity index (χ0) is 15.4. The predicted molar refractivity (Wildman–Crippen MR) is 78.3 cm³/mol. The van der Waals surface area contributed by atoms with Crippen molar-refractivity contribution < 1.29 is 19.4 Å². The molecule has 1 aromatic carbocycles. The van der Waals surface area contributed by atoms with Crippen molar-refractivity contribution in [1.82, 2.24) is 0 Å². The Morgan fingerprint density at radius 2 is 2.19 bits per heavy atom. The molecule has 0 radical (unpaired) electrons. The number of nitrogens with zero attached hydrogens (tertiary/aromatic N) is 1. The molecule has 6 nitrogen and oxygen atoms in total. The second-order valence-corrected chi connectivity index (χ2v) is 5.29. The standard InChI is InChI=1S/C15H20N2O4/c1-10(16)5-4-8-14(18)17-9-13(15(19)20)21-12-7-3-2-6-11(12)17/h2-3,6-7,10,13H,4-5,8-9,16H2,1H3,(H,19,20). The number of benzene rings is 1. The molecule has 1 heterocycles. The fourth-order valence-electron chi connectivity index (χ4n) is 2.31. The zero-order valence-corrected chi connectivity index (χ0v) is 12.0. The minimum atomic E-state index is -1.07. The molecule has 1 aromatic rings. The maximum absolute atomic E-state index is 12.3. The van der Waals surface area contributed by atoms with Gasteiger partial charge in [0, 0.05) is 12.5 Å². The van der Waals surface area contributed by atoms with Crippen LogP contribution in [0.1, 0.15) is 26.2 Å². The van der Waals surface area contributed by atoms with Crippen molar-refractivity contribution in [1.29, 1.82) is 0 Å². The van der Waals surface area contributed by atoms with E-state index in [2.05, 4.69) is 0 Å². The van der Waals surface area contributed by atoms with E-state index in [-0.39, 0.29) is 18.5 Å². The zero-order valence-electron chi connectivity index (χ0n) is 12.0. The van der Waals surface area contributed by atoms with Crippen molar-refractivity contribution in [3.63, 3.8) is 0 Å². The lowest BCUT2D eigenvalue weighted by molar-refractivity contribution is -0.145. The van der Waals surface area contributed by atoms with Crippen LogP contribution in [0, 0.1) is 0 Å². The summed E-state index contributed by atoms with van der Waals surface area (Å²) in [5, 5.41) is 9.13. The fraction of sp³-hybridized carbons (Fsp3) is 0.467. The Hall–Kier alpha value is -2.08. The van der Waals surface area contributed by atoms with Crippen molar-refractivity contribution in [3.05, 3.63) is 24.3 Å². The molecule has 2 rings (SSSR count). The molecule has 6 heteroatoms. The molecule has 114 valence electrons. The number of carbonyl (C=O) groups excluding carboxylic acids is 1. The molecule has 0 aromatic heterocycles. The number of hydrogen-bond acceptors (Lipinski definition) is 4. The second kappa shape index (κ2) is 6.58. The summed E-state index contributed by atoms with van der Waals surface area (Å²) in [6.07, 6.45) is 0.771. The molecule has 2 unspecified atom stereocenters. The highest BCUT2D eigenvalue weighted by Gasteiger charge is 2.33. The Labute approximate surface area is 123 Å². The van der Waals surface area contributed by atoms with Gasteiger partial charge in [0.25, 0.3) is 0 Å². The number of aliphatic carboxylic acids is 1. The van der Waals surface area contributed by atoms with Crippen LogP contribution in [-0.4, -0.2) is 35.7 Å². The number of anilines is 1. The van der Waals surface area contributed by atoms with Gasteiger partial charge in [-0.3, -0.25) is 4.79 Å². The summed E-state index contributed by atoms with van der Waals surface area (Å²) >= 11 is 0. The number of hydrogen-bond donors (Lipinski definition) is 2. The normalized spacial score (nSPS) is 18.6. The monoisotopic (exact) mass is 292 g/mol. The first-order valence-corrected chi connectivity index (χ1v) is 7.03. The third-order valence-corrected chi connectivity index (χ3v) is 3.40. The van der Waals surface area contributed by atoms with Gasteiger partial charge < -0.3 is 20.5 Å². The summed E-state index contributed by atoms with van der Waals surface area (Å²) in [7, 11) is 0. The molecule has 1 aliphatic heterocycles. The first-order chi connectivity index (χ1) is 9.99. The van der Waals surface area contributed by atoms with Crippen molar-refractivity contribution >= 4 is 17.6 Å². The van der Waals surface area contributed by atoms with Crippen LogP contribution in [0.15, 0.2) is 24.3 Å². The number of carbonyl (C=O) groups is 2. The van der Waals surface area contributed by atoms with Gasteiger partial charge in [-0.2, -0.15) is 0 Å². The number of nitrogens with two attached hydrogens (primary N) is 1. The lowest BCUT2D eigenvalue weighted by atomic mass is 10.1. The lowest BCUT2D eigenvalue weighted by Gasteiger charge is -2.33. The van der Waals surface area contributed by atoms with Crippen LogP contribution in [0.3, 0.4) is 0 Å². The number of fused-ring (bicyclic) bond motifs is 1. The van der Waals surface area contributed by atoms with E-state index < -0.39 is 12.1 Å². The molecular weight excluding hydrogens is 272 g/mol. The molecule has 2 atom stereocenters. The highest BCUT2D eigenvalue weighted by atomic mass is 16.5. The third-order valence-electron chi connectivity index (χ3n) is 3.40. The van der Waals surface area contributed by atoms with Crippen LogP contribution >= 0.6 is 0 Å². The van der Waals surface area contributed by atoms with Gasteiger partial charge >= 0.3 is 5.97 Å². The molecule has 0 saturated heterocycles. The van der Waals surface area contributed by atoms with Crippen LogP contribution in [0.5, 0.6) is 5.75 Å². The van der Waals surface area contributed by atoms with Crippen molar-refractivity contribution in [2.75, 3.05) is 11.4 Å². The summed E-state index contributed by atoms with van der Waals surface area (Å²) in [4.78, 5) is 25.0. The van der Waals surface area contributed by atoms with E-state index in [9.17, 15) is 9.59 Å². The van der Waals surface area contributed by atoms with Gasteiger partial charge in [-0.25, -0.2) is 4.79 Å². The average molecular weight is 292 g/mol. The van der Waals surface area contributed by atoms with Gasteiger partial charge in [-0.15, -0.1) is 0 Å². The molecule has 0 aliphatic carbocycles. The molecule has 0 bridgehead atoms. The van der Waals surface area contributed by atoms with Gasteiger partial charge in [0.2, 0.25) is 12.0 Å². The highest BCUT2D eigenvalue weighted by molar-refractivity contribution is 5.96.